The highest BCUT2D eigenvalue weighted by Crippen LogP contribution is 2.18. The first-order valence-corrected chi connectivity index (χ1v) is 9.30. The minimum atomic E-state index is -0.156. The largest absolute Gasteiger partial charge is 0.342 e. The number of nitrogens with one attached hydrogen (secondary N) is 1. The number of amides is 1. The van der Waals surface area contributed by atoms with Gasteiger partial charge >= 0.3 is 0 Å². The molecule has 2 aromatic rings. The Hall–Kier alpha value is -1.09. The van der Waals surface area contributed by atoms with Crippen LogP contribution in [0.5, 0.6) is 0 Å². The van der Waals surface area contributed by atoms with Gasteiger partial charge in [-0.2, -0.15) is 0 Å². The zero-order valence-electron chi connectivity index (χ0n) is 12.0. The summed E-state index contributed by atoms with van der Waals surface area (Å²) in [5, 5.41) is 1.09. The standard InChI is InChI=1S/C15H16IN3O2S/c16-10-4-5-12-11(8-10)14(21)18-15(17-12)22-9-13(20)19-6-2-1-3-7-19/h4-5,8H,1-3,6-7,9H2,(H,17,18,21). The molecule has 116 valence electrons. The second kappa shape index (κ2) is 6.99. The van der Waals surface area contributed by atoms with Crippen molar-refractivity contribution in [3.05, 3.63) is 32.1 Å². The second-order valence-corrected chi connectivity index (χ2v) is 7.47. The van der Waals surface area contributed by atoms with Crippen LogP contribution in [0.2, 0.25) is 0 Å². The van der Waals surface area contributed by atoms with Crippen LogP contribution in [0.1, 0.15) is 19.3 Å². The Morgan fingerprint density at radius 3 is 2.86 bits per heavy atom. The molecule has 1 fully saturated rings. The van der Waals surface area contributed by atoms with Crippen molar-refractivity contribution in [3.63, 3.8) is 0 Å². The number of likely N-dealkylation sites (tertiary alicyclic amines) is 1. The number of carbonyl (C=O) groups is 1. The molecule has 2 heterocycles. The van der Waals surface area contributed by atoms with Gasteiger partial charge in [0.15, 0.2) is 5.16 Å². The molecule has 0 atom stereocenters. The van der Waals surface area contributed by atoms with Crippen molar-refractivity contribution in [1.29, 1.82) is 0 Å². The molecule has 7 heteroatoms. The molecule has 0 spiro atoms. The van der Waals surface area contributed by atoms with Gasteiger partial charge in [0.05, 0.1) is 16.7 Å². The van der Waals surface area contributed by atoms with Crippen molar-refractivity contribution in [2.24, 2.45) is 0 Å². The van der Waals surface area contributed by atoms with Gasteiger partial charge in [-0.25, -0.2) is 4.98 Å². The molecule has 3 rings (SSSR count). The Bertz CT molecular complexity index is 756. The Morgan fingerprint density at radius 2 is 2.09 bits per heavy atom. The molecule has 0 saturated carbocycles. The van der Waals surface area contributed by atoms with Gasteiger partial charge in [-0.15, -0.1) is 0 Å². The third-order valence-electron chi connectivity index (χ3n) is 3.69. The van der Waals surface area contributed by atoms with Gasteiger partial charge in [0.1, 0.15) is 0 Å². The third-order valence-corrected chi connectivity index (χ3v) is 5.22. The number of piperidine rings is 1. The smallest absolute Gasteiger partial charge is 0.259 e. The number of thioether (sulfide) groups is 1. The number of hydrogen-bond donors (Lipinski definition) is 1. The van der Waals surface area contributed by atoms with Crippen LogP contribution >= 0.6 is 34.4 Å². The first-order chi connectivity index (χ1) is 10.6. The van der Waals surface area contributed by atoms with Gasteiger partial charge in [0.25, 0.3) is 5.56 Å². The molecule has 1 aromatic heterocycles. The van der Waals surface area contributed by atoms with E-state index in [1.54, 1.807) is 0 Å². The normalized spacial score (nSPS) is 15.2. The number of rotatable bonds is 3. The fraction of sp³-hybridized carbons (Fsp3) is 0.400. The Balaban J connectivity index is 1.72. The number of H-pyrrole nitrogens is 1. The topological polar surface area (TPSA) is 66.1 Å². The molecule has 0 bridgehead atoms. The van der Waals surface area contributed by atoms with Crippen LogP contribution < -0.4 is 5.56 Å². The maximum atomic E-state index is 12.1. The molecule has 1 aliphatic rings. The monoisotopic (exact) mass is 429 g/mol. The molecule has 0 radical (unpaired) electrons. The molecule has 1 saturated heterocycles. The Kier molecular flexibility index (Phi) is 5.02. The number of carbonyl (C=O) groups excluding carboxylic acids is 1. The van der Waals surface area contributed by atoms with Crippen LogP contribution in [-0.4, -0.2) is 39.6 Å². The highest BCUT2D eigenvalue weighted by Gasteiger charge is 2.17. The van der Waals surface area contributed by atoms with Crippen LogP contribution in [0.4, 0.5) is 0 Å². The van der Waals surface area contributed by atoms with Gasteiger partial charge in [-0.1, -0.05) is 11.8 Å². The predicted molar refractivity (Wildman–Crippen MR) is 96.2 cm³/mol. The van der Waals surface area contributed by atoms with E-state index in [9.17, 15) is 9.59 Å². The predicted octanol–water partition coefficient (Wildman–Crippen LogP) is 2.63. The fourth-order valence-corrected chi connectivity index (χ4v) is 3.78. The average molecular weight is 429 g/mol. The number of fused-ring (bicyclic) bond motifs is 1. The van der Waals surface area contributed by atoms with Crippen molar-refractivity contribution in [2.75, 3.05) is 18.8 Å². The summed E-state index contributed by atoms with van der Waals surface area (Å²) in [5.41, 5.74) is 0.508. The highest BCUT2D eigenvalue weighted by atomic mass is 127. The van der Waals surface area contributed by atoms with Gasteiger partial charge in [0, 0.05) is 16.7 Å². The van der Waals surface area contributed by atoms with Crippen LogP contribution in [0, 0.1) is 3.57 Å². The zero-order chi connectivity index (χ0) is 15.5. The third kappa shape index (κ3) is 3.62. The summed E-state index contributed by atoms with van der Waals surface area (Å²) in [6.07, 6.45) is 3.37. The highest BCUT2D eigenvalue weighted by molar-refractivity contribution is 14.1. The number of hydrogen-bond acceptors (Lipinski definition) is 4. The molecule has 0 unspecified atom stereocenters. The second-order valence-electron chi connectivity index (χ2n) is 5.26. The molecule has 1 amide bonds. The summed E-state index contributed by atoms with van der Waals surface area (Å²) < 4.78 is 0.998. The van der Waals surface area contributed by atoms with Gasteiger partial charge in [0.2, 0.25) is 5.91 Å². The van der Waals surface area contributed by atoms with E-state index in [0.29, 0.717) is 21.8 Å². The van der Waals surface area contributed by atoms with E-state index >= 15 is 0 Å². The van der Waals surface area contributed by atoms with E-state index in [4.69, 9.17) is 0 Å². The number of nitrogens with zero attached hydrogens (tertiary/aromatic N) is 2. The van der Waals surface area contributed by atoms with Crippen molar-refractivity contribution in [2.45, 2.75) is 24.4 Å². The van der Waals surface area contributed by atoms with Crippen molar-refractivity contribution in [1.82, 2.24) is 14.9 Å². The summed E-state index contributed by atoms with van der Waals surface area (Å²) in [6, 6.07) is 5.57. The lowest BCUT2D eigenvalue weighted by Crippen LogP contribution is -2.36. The summed E-state index contributed by atoms with van der Waals surface area (Å²) in [5.74, 6) is 0.439. The van der Waals surface area contributed by atoms with Gasteiger partial charge < -0.3 is 9.88 Å². The summed E-state index contributed by atoms with van der Waals surface area (Å²) in [4.78, 5) is 33.3. The Morgan fingerprint density at radius 1 is 1.32 bits per heavy atom. The first kappa shape index (κ1) is 15.8. The molecule has 0 aliphatic carbocycles. The minimum absolute atomic E-state index is 0.120. The lowest BCUT2D eigenvalue weighted by Gasteiger charge is -2.26. The van der Waals surface area contributed by atoms with E-state index in [2.05, 4.69) is 32.6 Å². The molecule has 1 aromatic carbocycles. The van der Waals surface area contributed by atoms with Crippen molar-refractivity contribution >= 4 is 51.2 Å². The van der Waals surface area contributed by atoms with Crippen molar-refractivity contribution < 1.29 is 4.79 Å². The number of aromatic amines is 1. The summed E-state index contributed by atoms with van der Waals surface area (Å²) in [7, 11) is 0. The molecule has 1 aliphatic heterocycles. The molecule has 22 heavy (non-hydrogen) atoms. The maximum absolute atomic E-state index is 12.1. The van der Waals surface area contributed by atoms with Crippen LogP contribution in [-0.2, 0) is 4.79 Å². The molecular formula is C15H16IN3O2S. The lowest BCUT2D eigenvalue weighted by molar-refractivity contribution is -0.129. The van der Waals surface area contributed by atoms with E-state index in [-0.39, 0.29) is 11.5 Å². The Labute approximate surface area is 146 Å². The zero-order valence-corrected chi connectivity index (χ0v) is 14.9. The summed E-state index contributed by atoms with van der Waals surface area (Å²) in [6.45, 7) is 1.69. The van der Waals surface area contributed by atoms with Gasteiger partial charge in [-0.3, -0.25) is 9.59 Å². The number of halogens is 1. The van der Waals surface area contributed by atoms with E-state index in [1.165, 1.54) is 18.2 Å². The quantitative estimate of drug-likeness (QED) is 0.463. The average Bonchev–Trinajstić information content (AvgIpc) is 2.54. The van der Waals surface area contributed by atoms with E-state index in [1.807, 2.05) is 23.1 Å². The summed E-state index contributed by atoms with van der Waals surface area (Å²) >= 11 is 3.46. The maximum Gasteiger partial charge on any atom is 0.259 e. The molecule has 1 N–H and O–H groups in total. The van der Waals surface area contributed by atoms with Crippen LogP contribution in [0.3, 0.4) is 0 Å². The van der Waals surface area contributed by atoms with Crippen LogP contribution in [0.25, 0.3) is 10.9 Å². The SMILES string of the molecule is O=C(CSc1nc2ccc(I)cc2c(=O)[nH]1)N1CCCCC1. The van der Waals surface area contributed by atoms with E-state index < -0.39 is 0 Å². The van der Waals surface area contributed by atoms with Crippen molar-refractivity contribution in [3.8, 4) is 0 Å². The number of benzene rings is 1. The minimum Gasteiger partial charge on any atom is -0.342 e. The van der Waals surface area contributed by atoms with Gasteiger partial charge in [-0.05, 0) is 60.1 Å². The first-order valence-electron chi connectivity index (χ1n) is 7.23. The lowest BCUT2D eigenvalue weighted by atomic mass is 10.1. The number of aromatic nitrogens is 2. The van der Waals surface area contributed by atoms with E-state index in [0.717, 1.165) is 29.5 Å². The molecule has 5 nitrogen and oxygen atoms in total. The molecular weight excluding hydrogens is 413 g/mol. The fourth-order valence-electron chi connectivity index (χ4n) is 2.52. The van der Waals surface area contributed by atoms with Crippen LogP contribution in [0.15, 0.2) is 28.2 Å².